The van der Waals surface area contributed by atoms with Gasteiger partial charge in [0.2, 0.25) is 0 Å². The van der Waals surface area contributed by atoms with Crippen molar-refractivity contribution in [1.82, 2.24) is 5.32 Å². The van der Waals surface area contributed by atoms with Gasteiger partial charge in [0.1, 0.15) is 24.8 Å². The highest BCUT2D eigenvalue weighted by Crippen LogP contribution is 2.44. The van der Waals surface area contributed by atoms with Gasteiger partial charge in [-0.3, -0.25) is 0 Å². The van der Waals surface area contributed by atoms with E-state index in [0.29, 0.717) is 0 Å². The van der Waals surface area contributed by atoms with E-state index in [2.05, 4.69) is 5.32 Å². The second-order valence-corrected chi connectivity index (χ2v) is 9.30. The lowest BCUT2D eigenvalue weighted by Gasteiger charge is -2.27. The summed E-state index contributed by atoms with van der Waals surface area (Å²) in [4.78, 5) is 25.0. The standard InChI is InChI=1S/C31H26FNO5/c1-31(29(34)35,27-16-15-21(17-28(27)32)37-18-20-9-3-2-4-10-20)33-30(36)38-19-26-24-13-7-5-11-22(24)23-12-6-8-14-25(23)26/h2-17,26H,18-19H2,1H3,(H,33,36)(H,34,35). The minimum atomic E-state index is -2.06. The maximum Gasteiger partial charge on any atom is 0.408 e. The molecule has 2 N–H and O–H groups in total. The lowest BCUT2D eigenvalue weighted by atomic mass is 9.91. The average Bonchev–Trinajstić information content (AvgIpc) is 3.25. The number of carbonyl (C=O) groups excluding carboxylic acids is 1. The van der Waals surface area contributed by atoms with Crippen molar-refractivity contribution in [2.75, 3.05) is 6.61 Å². The van der Waals surface area contributed by atoms with E-state index in [0.717, 1.165) is 33.9 Å². The zero-order valence-electron chi connectivity index (χ0n) is 20.7. The predicted octanol–water partition coefficient (Wildman–Crippen LogP) is 6.24. The SMILES string of the molecule is CC(NC(=O)OCC1c2ccccc2-c2ccccc21)(C(=O)O)c1ccc(OCc2ccccc2)cc1F. The summed E-state index contributed by atoms with van der Waals surface area (Å²) in [5.41, 5.74) is 2.83. The van der Waals surface area contributed by atoms with Crippen LogP contribution in [0.3, 0.4) is 0 Å². The van der Waals surface area contributed by atoms with E-state index in [1.165, 1.54) is 19.1 Å². The molecule has 38 heavy (non-hydrogen) atoms. The largest absolute Gasteiger partial charge is 0.489 e. The van der Waals surface area contributed by atoms with Gasteiger partial charge in [-0.15, -0.1) is 0 Å². The Morgan fingerprint density at radius 1 is 0.895 bits per heavy atom. The van der Waals surface area contributed by atoms with Gasteiger partial charge < -0.3 is 19.9 Å². The Morgan fingerprint density at radius 3 is 2.11 bits per heavy atom. The summed E-state index contributed by atoms with van der Waals surface area (Å²) < 4.78 is 26.2. The Kier molecular flexibility index (Phi) is 6.83. The highest BCUT2D eigenvalue weighted by Gasteiger charge is 2.40. The van der Waals surface area contributed by atoms with E-state index in [9.17, 15) is 14.7 Å². The van der Waals surface area contributed by atoms with Crippen molar-refractivity contribution in [1.29, 1.82) is 0 Å². The third-order valence-corrected chi connectivity index (χ3v) is 6.85. The minimum Gasteiger partial charge on any atom is -0.489 e. The smallest absolute Gasteiger partial charge is 0.408 e. The molecule has 0 heterocycles. The number of hydrogen-bond acceptors (Lipinski definition) is 4. The third kappa shape index (κ3) is 4.83. The van der Waals surface area contributed by atoms with Gasteiger partial charge >= 0.3 is 12.1 Å². The molecule has 0 radical (unpaired) electrons. The molecule has 192 valence electrons. The van der Waals surface area contributed by atoms with E-state index in [-0.39, 0.29) is 30.4 Å². The monoisotopic (exact) mass is 511 g/mol. The van der Waals surface area contributed by atoms with E-state index >= 15 is 4.39 Å². The number of carboxylic acid groups (broad SMARTS) is 1. The second kappa shape index (κ2) is 10.4. The molecule has 4 aromatic rings. The highest BCUT2D eigenvalue weighted by atomic mass is 19.1. The lowest BCUT2D eigenvalue weighted by molar-refractivity contribution is -0.144. The molecule has 0 saturated carbocycles. The number of alkyl carbamates (subject to hydrolysis) is 1. The molecule has 0 fully saturated rings. The van der Waals surface area contributed by atoms with Crippen LogP contribution >= 0.6 is 0 Å². The Labute approximate surface area is 219 Å². The average molecular weight is 512 g/mol. The number of amides is 1. The first-order valence-corrected chi connectivity index (χ1v) is 12.2. The fourth-order valence-electron chi connectivity index (χ4n) is 4.81. The summed E-state index contributed by atoms with van der Waals surface area (Å²) in [5.74, 6) is -2.20. The molecule has 0 bridgehead atoms. The van der Waals surface area contributed by atoms with Crippen molar-refractivity contribution in [3.8, 4) is 16.9 Å². The van der Waals surface area contributed by atoms with Crippen LogP contribution in [0.1, 0.15) is 35.1 Å². The summed E-state index contributed by atoms with van der Waals surface area (Å²) in [5, 5.41) is 12.3. The molecule has 4 aromatic carbocycles. The Balaban J connectivity index is 1.29. The molecule has 0 saturated heterocycles. The van der Waals surface area contributed by atoms with Crippen LogP contribution in [0.4, 0.5) is 9.18 Å². The fourth-order valence-corrected chi connectivity index (χ4v) is 4.81. The van der Waals surface area contributed by atoms with Crippen molar-refractivity contribution in [2.24, 2.45) is 0 Å². The van der Waals surface area contributed by atoms with Gasteiger partial charge in [0.05, 0.1) is 0 Å². The number of carbonyl (C=O) groups is 2. The van der Waals surface area contributed by atoms with Gasteiger partial charge in [0, 0.05) is 17.5 Å². The van der Waals surface area contributed by atoms with Gasteiger partial charge in [0.25, 0.3) is 0 Å². The van der Waals surface area contributed by atoms with Crippen LogP contribution in [0.2, 0.25) is 0 Å². The van der Waals surface area contributed by atoms with Crippen molar-refractivity contribution >= 4 is 12.1 Å². The fraction of sp³-hybridized carbons (Fsp3) is 0.161. The summed E-state index contributed by atoms with van der Waals surface area (Å²) in [7, 11) is 0. The molecular weight excluding hydrogens is 485 g/mol. The summed E-state index contributed by atoms with van der Waals surface area (Å²) in [6.45, 7) is 1.46. The van der Waals surface area contributed by atoms with Crippen molar-refractivity contribution < 1.29 is 28.6 Å². The molecule has 1 unspecified atom stereocenters. The first kappa shape index (κ1) is 25.0. The van der Waals surface area contributed by atoms with E-state index < -0.39 is 23.4 Å². The van der Waals surface area contributed by atoms with Gasteiger partial charge in [-0.05, 0) is 46.9 Å². The van der Waals surface area contributed by atoms with Crippen LogP contribution in [-0.2, 0) is 21.7 Å². The number of ether oxygens (including phenoxy) is 2. The van der Waals surface area contributed by atoms with Crippen LogP contribution in [0.15, 0.2) is 97.1 Å². The highest BCUT2D eigenvalue weighted by molar-refractivity contribution is 5.85. The van der Waals surface area contributed by atoms with Crippen LogP contribution in [0.5, 0.6) is 5.75 Å². The van der Waals surface area contributed by atoms with Gasteiger partial charge in [-0.2, -0.15) is 0 Å². The number of rotatable bonds is 8. The topological polar surface area (TPSA) is 84.9 Å². The van der Waals surface area contributed by atoms with Crippen LogP contribution in [-0.4, -0.2) is 23.8 Å². The number of halogens is 1. The van der Waals surface area contributed by atoms with E-state index in [1.807, 2.05) is 78.9 Å². The van der Waals surface area contributed by atoms with Crippen molar-refractivity contribution in [3.05, 3.63) is 125 Å². The normalized spacial score (nSPS) is 13.6. The molecule has 0 aromatic heterocycles. The van der Waals surface area contributed by atoms with Gasteiger partial charge in [-0.1, -0.05) is 78.9 Å². The Hall–Kier alpha value is -4.65. The van der Waals surface area contributed by atoms with Crippen molar-refractivity contribution in [2.45, 2.75) is 25.0 Å². The molecule has 0 aliphatic heterocycles. The number of carboxylic acids is 1. The van der Waals surface area contributed by atoms with Crippen LogP contribution < -0.4 is 10.1 Å². The summed E-state index contributed by atoms with van der Waals surface area (Å²) in [6, 6.07) is 29.0. The molecular formula is C31H26FNO5. The predicted molar refractivity (Wildman–Crippen MR) is 140 cm³/mol. The molecule has 0 spiro atoms. The number of fused-ring (bicyclic) bond motifs is 3. The first-order valence-electron chi connectivity index (χ1n) is 12.2. The van der Waals surface area contributed by atoms with Crippen LogP contribution in [0.25, 0.3) is 11.1 Å². The zero-order valence-corrected chi connectivity index (χ0v) is 20.7. The Morgan fingerprint density at radius 2 is 1.50 bits per heavy atom. The van der Waals surface area contributed by atoms with Crippen LogP contribution in [0, 0.1) is 5.82 Å². The number of hydrogen-bond donors (Lipinski definition) is 2. The number of aliphatic carboxylic acids is 1. The molecule has 1 amide bonds. The molecule has 5 rings (SSSR count). The van der Waals surface area contributed by atoms with E-state index in [1.54, 1.807) is 0 Å². The number of benzene rings is 4. The maximum atomic E-state index is 15.1. The Bertz CT molecular complexity index is 1440. The molecule has 1 atom stereocenters. The van der Waals surface area contributed by atoms with Crippen molar-refractivity contribution in [3.63, 3.8) is 0 Å². The molecule has 6 nitrogen and oxygen atoms in total. The van der Waals surface area contributed by atoms with E-state index in [4.69, 9.17) is 9.47 Å². The quantitative estimate of drug-likeness (QED) is 0.292. The molecule has 1 aliphatic carbocycles. The first-order chi connectivity index (χ1) is 18.4. The van der Waals surface area contributed by atoms with Gasteiger partial charge in [-0.25, -0.2) is 14.0 Å². The summed E-state index contributed by atoms with van der Waals surface area (Å²) in [6.07, 6.45) is -0.958. The minimum absolute atomic E-state index is 0.00427. The summed E-state index contributed by atoms with van der Waals surface area (Å²) >= 11 is 0. The number of nitrogens with one attached hydrogen (secondary N) is 1. The maximum absolute atomic E-state index is 15.1. The zero-order chi connectivity index (χ0) is 26.7. The second-order valence-electron chi connectivity index (χ2n) is 9.30. The molecule has 7 heteroatoms. The lowest BCUT2D eigenvalue weighted by Crippen LogP contribution is -2.50. The van der Waals surface area contributed by atoms with Gasteiger partial charge in [0.15, 0.2) is 5.54 Å². The molecule has 1 aliphatic rings. The third-order valence-electron chi connectivity index (χ3n) is 6.85.